The van der Waals surface area contributed by atoms with Gasteiger partial charge in [-0.3, -0.25) is 9.59 Å². The van der Waals surface area contributed by atoms with Gasteiger partial charge in [-0.15, -0.1) is 0 Å². The van der Waals surface area contributed by atoms with E-state index in [1.165, 1.54) is 0 Å². The molecule has 1 radical (unpaired) electrons. The molecule has 0 atom stereocenters. The molecule has 113 valence electrons. The lowest BCUT2D eigenvalue weighted by Gasteiger charge is -2.39. The van der Waals surface area contributed by atoms with Crippen molar-refractivity contribution in [2.24, 2.45) is 22.7 Å². The molecule has 0 N–H and O–H groups in total. The molecule has 0 unspecified atom stereocenters. The molecular formula is C18H29O2. The molecular weight excluding hydrogens is 248 g/mol. The SMILES string of the molecule is CC(C)(C)C1CCC(C(=O)C2([C]=O)CCCCC2)CC1. The molecule has 0 aromatic heterocycles. The van der Waals surface area contributed by atoms with E-state index in [4.69, 9.17) is 0 Å². The summed E-state index contributed by atoms with van der Waals surface area (Å²) in [7, 11) is 0. The van der Waals surface area contributed by atoms with E-state index in [0.29, 0.717) is 11.3 Å². The van der Waals surface area contributed by atoms with Crippen LogP contribution in [-0.2, 0) is 9.59 Å². The smallest absolute Gasteiger partial charge is 0.212 e. The van der Waals surface area contributed by atoms with Gasteiger partial charge in [0.05, 0.1) is 5.41 Å². The molecule has 2 aliphatic carbocycles. The molecule has 20 heavy (non-hydrogen) atoms. The molecule has 0 aliphatic heterocycles. The van der Waals surface area contributed by atoms with Crippen molar-refractivity contribution in [2.75, 3.05) is 0 Å². The van der Waals surface area contributed by atoms with Crippen LogP contribution in [0.3, 0.4) is 0 Å². The van der Waals surface area contributed by atoms with Crippen LogP contribution >= 0.6 is 0 Å². The highest BCUT2D eigenvalue weighted by molar-refractivity contribution is 5.99. The van der Waals surface area contributed by atoms with Gasteiger partial charge in [0.15, 0.2) is 0 Å². The normalized spacial score (nSPS) is 30.8. The summed E-state index contributed by atoms with van der Waals surface area (Å²) in [5, 5.41) is 0. The van der Waals surface area contributed by atoms with Gasteiger partial charge in [-0.05, 0) is 49.9 Å². The van der Waals surface area contributed by atoms with E-state index < -0.39 is 5.41 Å². The molecule has 0 saturated heterocycles. The highest BCUT2D eigenvalue weighted by atomic mass is 16.1. The molecule has 2 heteroatoms. The first kappa shape index (κ1) is 15.7. The number of Topliss-reactive ketones (excluding diaryl/α,β-unsaturated/α-hetero) is 1. The highest BCUT2D eigenvalue weighted by Gasteiger charge is 2.44. The van der Waals surface area contributed by atoms with Crippen LogP contribution in [0, 0.1) is 22.7 Å². The highest BCUT2D eigenvalue weighted by Crippen LogP contribution is 2.44. The Morgan fingerprint density at radius 2 is 1.55 bits per heavy atom. The first-order valence-electron chi connectivity index (χ1n) is 8.33. The minimum absolute atomic E-state index is 0.119. The summed E-state index contributed by atoms with van der Waals surface area (Å²) in [6.07, 6.45) is 11.1. The summed E-state index contributed by atoms with van der Waals surface area (Å²) >= 11 is 0. The first-order chi connectivity index (χ1) is 9.39. The lowest BCUT2D eigenvalue weighted by Crippen LogP contribution is -2.41. The predicted octanol–water partition coefficient (Wildman–Crippen LogP) is 4.47. The van der Waals surface area contributed by atoms with Gasteiger partial charge < -0.3 is 0 Å². The van der Waals surface area contributed by atoms with Crippen molar-refractivity contribution in [3.8, 4) is 0 Å². The van der Waals surface area contributed by atoms with E-state index in [-0.39, 0.29) is 11.7 Å². The molecule has 2 fully saturated rings. The van der Waals surface area contributed by atoms with Gasteiger partial charge >= 0.3 is 0 Å². The van der Waals surface area contributed by atoms with E-state index in [2.05, 4.69) is 27.1 Å². The summed E-state index contributed by atoms with van der Waals surface area (Å²) in [4.78, 5) is 24.2. The second-order valence-electron chi connectivity index (χ2n) is 8.02. The third-order valence-electron chi connectivity index (χ3n) is 5.70. The Kier molecular flexibility index (Phi) is 4.71. The Bertz CT molecular complexity index is 350. The monoisotopic (exact) mass is 277 g/mol. The van der Waals surface area contributed by atoms with Crippen molar-refractivity contribution in [2.45, 2.75) is 78.6 Å². The Morgan fingerprint density at radius 3 is 2.00 bits per heavy atom. The topological polar surface area (TPSA) is 34.1 Å². The minimum atomic E-state index is -0.739. The van der Waals surface area contributed by atoms with Gasteiger partial charge in [-0.2, -0.15) is 0 Å². The molecule has 0 amide bonds. The zero-order valence-electron chi connectivity index (χ0n) is 13.3. The van der Waals surface area contributed by atoms with Gasteiger partial charge in [-0.1, -0.05) is 40.0 Å². The van der Waals surface area contributed by atoms with Crippen molar-refractivity contribution >= 4 is 12.1 Å². The molecule has 2 aliphatic rings. The molecule has 0 heterocycles. The molecule has 0 aromatic rings. The fourth-order valence-corrected chi connectivity index (χ4v) is 4.17. The van der Waals surface area contributed by atoms with E-state index in [1.807, 2.05) is 0 Å². The van der Waals surface area contributed by atoms with Crippen molar-refractivity contribution in [1.82, 2.24) is 0 Å². The van der Waals surface area contributed by atoms with Crippen LogP contribution < -0.4 is 0 Å². The maximum absolute atomic E-state index is 12.8. The van der Waals surface area contributed by atoms with E-state index >= 15 is 0 Å². The lowest BCUT2D eigenvalue weighted by molar-refractivity contribution is -0.132. The van der Waals surface area contributed by atoms with Gasteiger partial charge in [0.25, 0.3) is 0 Å². The third kappa shape index (κ3) is 3.15. The van der Waals surface area contributed by atoms with Gasteiger partial charge in [0.2, 0.25) is 6.29 Å². The minimum Gasteiger partial charge on any atom is -0.298 e. The Morgan fingerprint density at radius 1 is 1.00 bits per heavy atom. The molecule has 0 aromatic carbocycles. The van der Waals surface area contributed by atoms with E-state index in [1.54, 1.807) is 0 Å². The second kappa shape index (κ2) is 5.99. The lowest BCUT2D eigenvalue weighted by atomic mass is 9.63. The fourth-order valence-electron chi connectivity index (χ4n) is 4.17. The number of rotatable bonds is 3. The summed E-state index contributed by atoms with van der Waals surface area (Å²) in [6.45, 7) is 6.88. The Hall–Kier alpha value is -0.660. The summed E-state index contributed by atoms with van der Waals surface area (Å²) in [5.74, 6) is 1.06. The third-order valence-corrected chi connectivity index (χ3v) is 5.70. The van der Waals surface area contributed by atoms with Crippen LogP contribution in [0.2, 0.25) is 0 Å². The summed E-state index contributed by atoms with van der Waals surface area (Å²) in [6, 6.07) is 0. The quantitative estimate of drug-likeness (QED) is 0.713. The number of carbonyl (C=O) groups is 1. The van der Waals surface area contributed by atoms with Gasteiger partial charge in [-0.25, -0.2) is 0 Å². The van der Waals surface area contributed by atoms with Crippen LogP contribution in [0.5, 0.6) is 0 Å². The zero-order chi connectivity index (χ0) is 14.8. The molecule has 2 rings (SSSR count). The average molecular weight is 277 g/mol. The summed E-state index contributed by atoms with van der Waals surface area (Å²) < 4.78 is 0. The van der Waals surface area contributed by atoms with Crippen molar-refractivity contribution < 1.29 is 9.59 Å². The van der Waals surface area contributed by atoms with Gasteiger partial charge in [0, 0.05) is 5.92 Å². The maximum Gasteiger partial charge on any atom is 0.212 e. The second-order valence-corrected chi connectivity index (χ2v) is 8.02. The van der Waals surface area contributed by atoms with Crippen LogP contribution in [0.25, 0.3) is 0 Å². The molecule has 2 saturated carbocycles. The maximum atomic E-state index is 12.8. The number of carbonyl (C=O) groups excluding carboxylic acids is 2. The predicted molar refractivity (Wildman–Crippen MR) is 81.1 cm³/mol. The zero-order valence-corrected chi connectivity index (χ0v) is 13.3. The van der Waals surface area contributed by atoms with Crippen LogP contribution in [0.4, 0.5) is 0 Å². The van der Waals surface area contributed by atoms with Crippen LogP contribution in [-0.4, -0.2) is 12.1 Å². The largest absolute Gasteiger partial charge is 0.298 e. The van der Waals surface area contributed by atoms with Crippen molar-refractivity contribution in [3.63, 3.8) is 0 Å². The Balaban J connectivity index is 1.99. The fraction of sp³-hybridized carbons (Fsp3) is 0.889. The molecule has 0 bridgehead atoms. The average Bonchev–Trinajstić information content (AvgIpc) is 2.46. The molecule has 0 spiro atoms. The van der Waals surface area contributed by atoms with Crippen LogP contribution in [0.1, 0.15) is 78.6 Å². The van der Waals surface area contributed by atoms with Crippen molar-refractivity contribution in [1.29, 1.82) is 0 Å². The standard InChI is InChI=1S/C18H29O2/c1-17(2,3)15-9-7-14(8-10-15)16(20)18(13-19)11-5-4-6-12-18/h14-15H,4-12H2,1-3H3. The summed E-state index contributed by atoms with van der Waals surface area (Å²) in [5.41, 5.74) is -0.398. The van der Waals surface area contributed by atoms with Gasteiger partial charge in [0.1, 0.15) is 5.78 Å². The first-order valence-corrected chi connectivity index (χ1v) is 8.33. The number of hydrogen-bond acceptors (Lipinski definition) is 2. The van der Waals surface area contributed by atoms with E-state index in [9.17, 15) is 9.59 Å². The van der Waals surface area contributed by atoms with Crippen molar-refractivity contribution in [3.05, 3.63) is 0 Å². The molecule has 2 nitrogen and oxygen atoms in total. The van der Waals surface area contributed by atoms with Crippen LogP contribution in [0.15, 0.2) is 0 Å². The van der Waals surface area contributed by atoms with E-state index in [0.717, 1.165) is 57.8 Å². The number of hydrogen-bond donors (Lipinski definition) is 0. The Labute approximate surface area is 123 Å². The number of ketones is 1.